The molecule has 2 saturated carbocycles. The van der Waals surface area contributed by atoms with Crippen molar-refractivity contribution in [1.29, 1.82) is 0 Å². The molecule has 0 spiro atoms. The summed E-state index contributed by atoms with van der Waals surface area (Å²) in [6.07, 6.45) is 8.17. The Kier molecular flexibility index (Phi) is 12.6. The van der Waals surface area contributed by atoms with Gasteiger partial charge in [0.25, 0.3) is 0 Å². The minimum absolute atomic E-state index is 0.165. The first-order valence-corrected chi connectivity index (χ1v) is 12.8. The topological polar surface area (TPSA) is 116 Å². The molecule has 8 nitrogen and oxygen atoms in total. The van der Waals surface area contributed by atoms with Crippen LogP contribution in [0.1, 0.15) is 83.5 Å². The Bertz CT molecular complexity index is 636. The van der Waals surface area contributed by atoms with E-state index in [0.717, 1.165) is 25.7 Å². The summed E-state index contributed by atoms with van der Waals surface area (Å²) in [6.45, 7) is 0.774. The fourth-order valence-electron chi connectivity index (χ4n) is 4.44. The van der Waals surface area contributed by atoms with E-state index in [1.165, 1.54) is 0 Å². The molecule has 0 unspecified atom stereocenters. The first kappa shape index (κ1) is 27.4. The maximum Gasteiger partial charge on any atom is 0.309 e. The average Bonchev–Trinajstić information content (AvgIpc) is 2.81. The molecule has 0 aromatic heterocycles. The molecule has 2 aliphatic carbocycles. The molecule has 0 saturated heterocycles. The lowest BCUT2D eigenvalue weighted by molar-refractivity contribution is -0.161. The lowest BCUT2D eigenvalue weighted by Gasteiger charge is -2.30. The third-order valence-electron chi connectivity index (χ3n) is 6.54. The molecular formula is C24H37ClO8. The third-order valence-corrected chi connectivity index (χ3v) is 6.73. The number of carboxylic acid groups (broad SMARTS) is 1. The van der Waals surface area contributed by atoms with Crippen LogP contribution in [0.15, 0.2) is 0 Å². The number of hydrogen-bond donors (Lipinski definition) is 1. The maximum atomic E-state index is 12.5. The molecule has 188 valence electrons. The molecule has 0 atom stereocenters. The third kappa shape index (κ3) is 10.3. The average molecular weight is 489 g/mol. The van der Waals surface area contributed by atoms with Crippen molar-refractivity contribution in [2.75, 3.05) is 19.1 Å². The number of hydrogen-bond acceptors (Lipinski definition) is 7. The predicted molar refractivity (Wildman–Crippen MR) is 121 cm³/mol. The number of rotatable bonds is 13. The highest BCUT2D eigenvalue weighted by molar-refractivity contribution is 6.18. The summed E-state index contributed by atoms with van der Waals surface area (Å²) >= 11 is 5.47. The van der Waals surface area contributed by atoms with Gasteiger partial charge in [-0.05, 0) is 77.0 Å². The monoisotopic (exact) mass is 488 g/mol. The second-order valence-corrected chi connectivity index (χ2v) is 9.42. The number of unbranched alkanes of at least 4 members (excludes halogenated alkanes) is 3. The zero-order valence-corrected chi connectivity index (χ0v) is 20.1. The first-order chi connectivity index (χ1) is 15.9. The number of carbonyl (C=O) groups is 4. The molecule has 9 heteroatoms. The lowest BCUT2D eigenvalue weighted by atomic mass is 9.82. The minimum Gasteiger partial charge on any atom is -0.481 e. The number of esters is 3. The Hall–Kier alpha value is -1.83. The quantitative estimate of drug-likeness (QED) is 0.177. The fraction of sp³-hybridized carbons (Fsp3) is 0.833. The summed E-state index contributed by atoms with van der Waals surface area (Å²) in [6, 6.07) is 0. The minimum atomic E-state index is -0.772. The fourth-order valence-corrected chi connectivity index (χ4v) is 4.59. The van der Waals surface area contributed by atoms with Crippen LogP contribution < -0.4 is 0 Å². The molecule has 0 bridgehead atoms. The Balaban J connectivity index is 1.51. The molecule has 1 N–H and O–H groups in total. The van der Waals surface area contributed by atoms with Crippen molar-refractivity contribution in [3.05, 3.63) is 0 Å². The van der Waals surface area contributed by atoms with Gasteiger partial charge in [-0.1, -0.05) is 0 Å². The van der Waals surface area contributed by atoms with Crippen LogP contribution in [0.5, 0.6) is 0 Å². The Morgan fingerprint density at radius 2 is 1.21 bits per heavy atom. The zero-order valence-electron chi connectivity index (χ0n) is 19.3. The van der Waals surface area contributed by atoms with E-state index >= 15 is 0 Å². The van der Waals surface area contributed by atoms with Crippen LogP contribution in [0.4, 0.5) is 0 Å². The second-order valence-electron chi connectivity index (χ2n) is 9.04. The number of carbonyl (C=O) groups excluding carboxylic acids is 3. The van der Waals surface area contributed by atoms with Gasteiger partial charge in [0.05, 0.1) is 37.4 Å². The maximum absolute atomic E-state index is 12.5. The summed E-state index contributed by atoms with van der Waals surface area (Å²) in [5.74, 6) is -1.86. The van der Waals surface area contributed by atoms with Crippen LogP contribution in [-0.2, 0) is 33.4 Å². The summed E-state index contributed by atoms with van der Waals surface area (Å²) in [5.41, 5.74) is 0. The summed E-state index contributed by atoms with van der Waals surface area (Å²) in [5, 5.41) is 9.06. The van der Waals surface area contributed by atoms with Crippen LogP contribution in [-0.4, -0.2) is 54.2 Å². The van der Waals surface area contributed by atoms with E-state index in [9.17, 15) is 19.2 Å². The molecule has 0 aromatic carbocycles. The number of aliphatic carboxylic acids is 1. The summed E-state index contributed by atoms with van der Waals surface area (Å²) < 4.78 is 16.0. The van der Waals surface area contributed by atoms with Crippen molar-refractivity contribution in [3.8, 4) is 0 Å². The van der Waals surface area contributed by atoms with Gasteiger partial charge < -0.3 is 19.3 Å². The smallest absolute Gasteiger partial charge is 0.309 e. The normalized spacial score (nSPS) is 25.1. The zero-order chi connectivity index (χ0) is 24.1. The van der Waals surface area contributed by atoms with Gasteiger partial charge in [0.2, 0.25) is 0 Å². The molecule has 33 heavy (non-hydrogen) atoms. The molecule has 0 radical (unpaired) electrons. The molecule has 0 aliphatic heterocycles. The molecule has 2 aliphatic rings. The molecule has 0 heterocycles. The number of carboxylic acids is 1. The van der Waals surface area contributed by atoms with E-state index < -0.39 is 5.97 Å². The van der Waals surface area contributed by atoms with Crippen molar-refractivity contribution in [1.82, 2.24) is 0 Å². The highest BCUT2D eigenvalue weighted by Gasteiger charge is 2.34. The molecule has 2 fully saturated rings. The van der Waals surface area contributed by atoms with E-state index in [1.807, 2.05) is 0 Å². The van der Waals surface area contributed by atoms with Gasteiger partial charge in [-0.3, -0.25) is 19.2 Å². The lowest BCUT2D eigenvalue weighted by Crippen LogP contribution is -2.32. The Morgan fingerprint density at radius 1 is 0.697 bits per heavy atom. The van der Waals surface area contributed by atoms with Crippen LogP contribution in [0.25, 0.3) is 0 Å². The van der Waals surface area contributed by atoms with E-state index in [-0.39, 0.29) is 54.1 Å². The SMILES string of the molecule is O=C(CCCl)OCCCCCCOC(=O)C1CCC(C(=O)OC2CCC(C(=O)O)CC2)CC1. The van der Waals surface area contributed by atoms with Crippen LogP contribution >= 0.6 is 11.6 Å². The summed E-state index contributed by atoms with van der Waals surface area (Å²) in [4.78, 5) is 47.0. The van der Waals surface area contributed by atoms with Gasteiger partial charge in [-0.15, -0.1) is 11.6 Å². The van der Waals surface area contributed by atoms with Gasteiger partial charge in [-0.25, -0.2) is 0 Å². The van der Waals surface area contributed by atoms with Gasteiger partial charge in [0, 0.05) is 5.88 Å². The van der Waals surface area contributed by atoms with Crippen molar-refractivity contribution >= 4 is 35.5 Å². The van der Waals surface area contributed by atoms with Gasteiger partial charge in [-0.2, -0.15) is 0 Å². The van der Waals surface area contributed by atoms with E-state index in [4.69, 9.17) is 30.9 Å². The molecule has 2 rings (SSSR count). The van der Waals surface area contributed by atoms with Crippen LogP contribution in [0, 0.1) is 17.8 Å². The number of halogens is 1. The van der Waals surface area contributed by atoms with Crippen molar-refractivity contribution in [3.63, 3.8) is 0 Å². The van der Waals surface area contributed by atoms with Crippen molar-refractivity contribution < 1.29 is 38.5 Å². The van der Waals surface area contributed by atoms with E-state index in [0.29, 0.717) is 64.6 Å². The molecule has 0 amide bonds. The Labute approximate surface area is 200 Å². The van der Waals surface area contributed by atoms with Gasteiger partial charge in [0.1, 0.15) is 6.10 Å². The molecular weight excluding hydrogens is 452 g/mol. The standard InChI is InChI=1S/C24H37ClO8/c25-14-13-21(26)31-15-3-1-2-4-16-32-23(29)18-5-7-19(8-6-18)24(30)33-20-11-9-17(10-12-20)22(27)28/h17-20H,1-16H2,(H,27,28). The number of alkyl halides is 1. The van der Waals surface area contributed by atoms with Gasteiger partial charge >= 0.3 is 23.9 Å². The molecule has 0 aromatic rings. The van der Waals surface area contributed by atoms with Gasteiger partial charge in [0.15, 0.2) is 0 Å². The number of ether oxygens (including phenoxy) is 3. The summed E-state index contributed by atoms with van der Waals surface area (Å²) in [7, 11) is 0. The largest absolute Gasteiger partial charge is 0.481 e. The Morgan fingerprint density at radius 3 is 1.76 bits per heavy atom. The first-order valence-electron chi connectivity index (χ1n) is 12.2. The van der Waals surface area contributed by atoms with Crippen LogP contribution in [0.2, 0.25) is 0 Å². The highest BCUT2D eigenvalue weighted by Crippen LogP contribution is 2.32. The predicted octanol–water partition coefficient (Wildman–Crippen LogP) is 4.26. The van der Waals surface area contributed by atoms with E-state index in [1.54, 1.807) is 0 Å². The van der Waals surface area contributed by atoms with Crippen LogP contribution in [0.3, 0.4) is 0 Å². The second kappa shape index (κ2) is 15.1. The highest BCUT2D eigenvalue weighted by atomic mass is 35.5. The van der Waals surface area contributed by atoms with Crippen molar-refractivity contribution in [2.24, 2.45) is 17.8 Å². The van der Waals surface area contributed by atoms with Crippen molar-refractivity contribution in [2.45, 2.75) is 89.6 Å². The van der Waals surface area contributed by atoms with E-state index in [2.05, 4.69) is 0 Å².